The van der Waals surface area contributed by atoms with Gasteiger partial charge in [0.2, 0.25) is 5.36 Å². The lowest BCUT2D eigenvalue weighted by Crippen LogP contribution is -2.29. The molecule has 2 aliphatic heterocycles. The Balaban J connectivity index is 1.81. The molecule has 3 nitrogen and oxygen atoms in total. The Labute approximate surface area is 205 Å². The van der Waals surface area contributed by atoms with Crippen molar-refractivity contribution in [3.63, 3.8) is 0 Å². The molecule has 178 valence electrons. The smallest absolute Gasteiger partial charge is 0.203 e. The van der Waals surface area contributed by atoms with Crippen LogP contribution in [0.3, 0.4) is 0 Å². The monoisotopic (exact) mass is 455 g/mol. The summed E-state index contributed by atoms with van der Waals surface area (Å²) >= 11 is 0. The number of allylic oxidation sites excluding steroid dienone is 3. The molecular weight excluding hydrogens is 416 g/mol. The maximum Gasteiger partial charge on any atom is 0.203 e. The molecule has 0 aromatic heterocycles. The first-order valence-electron chi connectivity index (χ1n) is 12.5. The molecule has 0 fully saturated rings. The van der Waals surface area contributed by atoms with E-state index in [0.717, 1.165) is 30.2 Å². The third-order valence-electron chi connectivity index (χ3n) is 7.12. The molecular formula is C31H39N2O+. The van der Waals surface area contributed by atoms with Crippen LogP contribution in [-0.4, -0.2) is 20.1 Å². The van der Waals surface area contributed by atoms with E-state index in [4.69, 9.17) is 4.42 Å². The van der Waals surface area contributed by atoms with Crippen LogP contribution in [0.2, 0.25) is 0 Å². The number of likely N-dealkylation sites (N-methyl/N-ethyl adjacent to an activating group) is 1. The number of hydrogen-bond acceptors (Lipinski definition) is 2. The maximum atomic E-state index is 6.43. The Kier molecular flexibility index (Phi) is 6.33. The van der Waals surface area contributed by atoms with E-state index < -0.39 is 0 Å². The van der Waals surface area contributed by atoms with Crippen LogP contribution in [0.1, 0.15) is 65.4 Å². The standard InChI is InChI=1S/C31H39N2O/c1-9-33(10-2)23-18-19-24-22(20-29(30(3,4)5)34-27(24)21-23)14-13-17-28-31(6,7)25-15-11-12-16-26(25)32(28)8/h11-21H,9-10H2,1-8H3/q+1. The van der Waals surface area contributed by atoms with Crippen LogP contribution in [-0.2, 0) is 10.8 Å². The number of fused-ring (bicyclic) bond motifs is 2. The molecule has 1 aliphatic carbocycles. The van der Waals surface area contributed by atoms with Crippen LogP contribution in [0.25, 0.3) is 17.4 Å². The van der Waals surface area contributed by atoms with Gasteiger partial charge in [-0.2, -0.15) is 0 Å². The van der Waals surface area contributed by atoms with Gasteiger partial charge < -0.3 is 9.32 Å². The molecule has 0 radical (unpaired) electrons. The molecule has 0 N–H and O–H groups in total. The van der Waals surface area contributed by atoms with Crippen molar-refractivity contribution in [2.45, 2.75) is 59.3 Å². The van der Waals surface area contributed by atoms with Crippen molar-refractivity contribution >= 4 is 11.8 Å². The molecule has 3 aliphatic rings. The molecule has 1 aromatic rings. The zero-order valence-corrected chi connectivity index (χ0v) is 22.1. The summed E-state index contributed by atoms with van der Waals surface area (Å²) in [5.41, 5.74) is 6.19. The fourth-order valence-electron chi connectivity index (χ4n) is 5.04. The SMILES string of the molecule is CC[N+](CC)=c1ccc2c(C=CC=C3N(C)c4ccccc4C3(C)C)cc(C(C)(C)C)oc-2c1. The maximum absolute atomic E-state index is 6.43. The van der Waals surface area contributed by atoms with E-state index in [1.165, 1.54) is 27.9 Å². The number of hydrogen-bond donors (Lipinski definition) is 0. The average Bonchev–Trinajstić information content (AvgIpc) is 2.99. The van der Waals surface area contributed by atoms with Crippen LogP contribution in [0.5, 0.6) is 0 Å². The lowest BCUT2D eigenvalue weighted by molar-refractivity contribution is 0.404. The van der Waals surface area contributed by atoms with Gasteiger partial charge in [-0.1, -0.05) is 65.0 Å². The second-order valence-corrected chi connectivity index (χ2v) is 10.8. The van der Waals surface area contributed by atoms with Gasteiger partial charge in [0.05, 0.1) is 6.07 Å². The number of nitrogens with zero attached hydrogens (tertiary/aromatic N) is 2. The van der Waals surface area contributed by atoms with Gasteiger partial charge in [0.1, 0.15) is 24.6 Å². The van der Waals surface area contributed by atoms with E-state index in [1.807, 2.05) is 0 Å². The predicted molar refractivity (Wildman–Crippen MR) is 145 cm³/mol. The lowest BCUT2D eigenvalue weighted by atomic mass is 9.84. The Bertz CT molecular complexity index is 1290. The molecule has 34 heavy (non-hydrogen) atoms. The highest BCUT2D eigenvalue weighted by molar-refractivity contribution is 5.74. The summed E-state index contributed by atoms with van der Waals surface area (Å²) in [4.78, 5) is 2.31. The Morgan fingerprint density at radius 1 is 1.00 bits per heavy atom. The molecule has 0 bridgehead atoms. The summed E-state index contributed by atoms with van der Waals surface area (Å²) < 4.78 is 8.79. The number of rotatable bonds is 4. The van der Waals surface area contributed by atoms with Gasteiger partial charge in [-0.3, -0.25) is 0 Å². The molecule has 0 unspecified atom stereocenters. The number of para-hydroxylation sites is 1. The van der Waals surface area contributed by atoms with E-state index in [9.17, 15) is 0 Å². The second kappa shape index (κ2) is 8.94. The molecule has 0 saturated carbocycles. The van der Waals surface area contributed by atoms with Crippen molar-refractivity contribution < 1.29 is 4.42 Å². The summed E-state index contributed by atoms with van der Waals surface area (Å²) in [7, 11) is 2.16. The van der Waals surface area contributed by atoms with Gasteiger partial charge in [-0.25, -0.2) is 4.58 Å². The summed E-state index contributed by atoms with van der Waals surface area (Å²) in [6.45, 7) is 17.6. The molecule has 0 atom stereocenters. The third kappa shape index (κ3) is 4.24. The molecule has 0 amide bonds. The Hall–Kier alpha value is -3.07. The summed E-state index contributed by atoms with van der Waals surface area (Å²) in [5, 5.41) is 1.21. The third-order valence-corrected chi connectivity index (χ3v) is 7.12. The predicted octanol–water partition coefficient (Wildman–Crippen LogP) is 6.82. The minimum atomic E-state index is -0.0737. The van der Waals surface area contributed by atoms with Crippen LogP contribution >= 0.6 is 0 Å². The largest absolute Gasteiger partial charge is 0.460 e. The normalized spacial score (nSPS) is 16.6. The molecule has 0 saturated heterocycles. The highest BCUT2D eigenvalue weighted by Gasteiger charge is 2.37. The van der Waals surface area contributed by atoms with Gasteiger partial charge in [-0.15, -0.1) is 0 Å². The van der Waals surface area contributed by atoms with Crippen LogP contribution in [0.15, 0.2) is 70.8 Å². The van der Waals surface area contributed by atoms with Crippen LogP contribution in [0.4, 0.5) is 5.69 Å². The number of anilines is 1. The van der Waals surface area contributed by atoms with Crippen LogP contribution < -0.4 is 14.8 Å². The fourth-order valence-corrected chi connectivity index (χ4v) is 5.04. The van der Waals surface area contributed by atoms with Crippen molar-refractivity contribution in [2.75, 3.05) is 25.0 Å². The van der Waals surface area contributed by atoms with Crippen LogP contribution in [0, 0.1) is 0 Å². The minimum Gasteiger partial charge on any atom is -0.460 e. The molecule has 0 spiro atoms. The van der Waals surface area contributed by atoms with Crippen molar-refractivity contribution in [1.29, 1.82) is 0 Å². The first kappa shape index (κ1) is 24.1. The first-order valence-corrected chi connectivity index (χ1v) is 12.5. The van der Waals surface area contributed by atoms with Gasteiger partial charge >= 0.3 is 0 Å². The minimum absolute atomic E-state index is 0.0288. The quantitative estimate of drug-likeness (QED) is 0.402. The van der Waals surface area contributed by atoms with Gasteiger partial charge in [0, 0.05) is 40.9 Å². The van der Waals surface area contributed by atoms with E-state index in [2.05, 4.69) is 132 Å². The van der Waals surface area contributed by atoms with E-state index in [1.54, 1.807) is 0 Å². The molecule has 1 aromatic carbocycles. The van der Waals surface area contributed by atoms with E-state index >= 15 is 0 Å². The zero-order chi connectivity index (χ0) is 24.7. The van der Waals surface area contributed by atoms with Crippen molar-refractivity contribution in [3.8, 4) is 11.3 Å². The van der Waals surface area contributed by atoms with Gasteiger partial charge in [0.15, 0.2) is 0 Å². The van der Waals surface area contributed by atoms with Crippen molar-refractivity contribution in [2.24, 2.45) is 0 Å². The highest BCUT2D eigenvalue weighted by Crippen LogP contribution is 2.46. The van der Waals surface area contributed by atoms with Crippen molar-refractivity contribution in [3.05, 3.63) is 88.6 Å². The topological polar surface area (TPSA) is 19.4 Å². The lowest BCUT2D eigenvalue weighted by Gasteiger charge is -2.23. The summed E-state index contributed by atoms with van der Waals surface area (Å²) in [6.07, 6.45) is 6.68. The van der Waals surface area contributed by atoms with Gasteiger partial charge in [-0.05, 0) is 49.2 Å². The first-order chi connectivity index (χ1) is 16.1. The van der Waals surface area contributed by atoms with Gasteiger partial charge in [0.25, 0.3) is 0 Å². The second-order valence-electron chi connectivity index (χ2n) is 10.8. The molecule has 3 heteroatoms. The molecule has 2 heterocycles. The number of benzene rings is 2. The van der Waals surface area contributed by atoms with Crippen molar-refractivity contribution in [1.82, 2.24) is 4.58 Å². The average molecular weight is 456 g/mol. The Morgan fingerprint density at radius 3 is 2.35 bits per heavy atom. The summed E-state index contributed by atoms with van der Waals surface area (Å²) in [5.74, 6) is 1.93. The fraction of sp³-hybridized carbons (Fsp3) is 0.387. The van der Waals surface area contributed by atoms with E-state index in [0.29, 0.717) is 0 Å². The zero-order valence-electron chi connectivity index (χ0n) is 22.1. The highest BCUT2D eigenvalue weighted by atomic mass is 16.3. The van der Waals surface area contributed by atoms with E-state index in [-0.39, 0.29) is 10.8 Å². The molecule has 4 rings (SSSR count). The Morgan fingerprint density at radius 2 is 1.71 bits per heavy atom. The summed E-state index contributed by atoms with van der Waals surface area (Å²) in [6, 6.07) is 17.5.